The molecule has 0 aliphatic carbocycles. The average molecular weight is 809 g/mol. The van der Waals surface area contributed by atoms with Crippen molar-refractivity contribution in [3.05, 3.63) is 59.2 Å². The van der Waals surface area contributed by atoms with Crippen LogP contribution in [0.3, 0.4) is 0 Å². The summed E-state index contributed by atoms with van der Waals surface area (Å²) in [5.74, 6) is -2.46. The maximum absolute atomic E-state index is 15.6. The van der Waals surface area contributed by atoms with Gasteiger partial charge in [-0.3, -0.25) is 19.2 Å². The van der Waals surface area contributed by atoms with E-state index in [2.05, 4.69) is 31.2 Å². The zero-order valence-corrected chi connectivity index (χ0v) is 33.8. The summed E-state index contributed by atoms with van der Waals surface area (Å²) in [5.41, 5.74) is 2.88. The van der Waals surface area contributed by atoms with Crippen molar-refractivity contribution in [3.8, 4) is 11.4 Å². The highest BCUT2D eigenvalue weighted by atomic mass is 19.1. The number of nitrogens with one attached hydrogen (secondary N) is 6. The number of rotatable bonds is 15. The topological polar surface area (TPSA) is 175 Å². The van der Waals surface area contributed by atoms with E-state index in [1.165, 1.54) is 23.1 Å². The lowest BCUT2D eigenvalue weighted by Gasteiger charge is -2.30. The van der Waals surface area contributed by atoms with Gasteiger partial charge in [0.15, 0.2) is 0 Å². The van der Waals surface area contributed by atoms with E-state index in [9.17, 15) is 28.7 Å². The number of β-amino-alcohol motifs (C(OH)–C–C–N with tert-alkyl or cyclic N) is 1. The molecule has 0 radical (unpaired) electrons. The van der Waals surface area contributed by atoms with Crippen LogP contribution in [-0.2, 0) is 32.0 Å². The number of nitrogens with zero attached hydrogens (tertiary/aromatic N) is 2. The zero-order chi connectivity index (χ0) is 42.0. The standard InChI is InChI=1S/C42H55F3N8O5/c1-7-33(49-39(55)21(3)46-5)41(57)52-19-24(44)14-25(52)17-31-29-10-9-11-32(45)36(29)51-38(31)37-30(28-13-12-23(43)15-35(28)48-37)18-26-16-27(54)20-53(26)42(58)34(8-2)50-40(56)22(4)47-6/h9-13,15,21-22,24-27,33-34,46-48,51,54H,7-8,14,16-20H2,1-6H3,(H,49,55)(H,50,56)/t21-,22-,24-,25-,26-,27-,33-,34-/m0/s1. The van der Waals surface area contributed by atoms with Crippen LogP contribution in [0, 0.1) is 11.6 Å². The number of likely N-dealkylation sites (tertiary alicyclic amines) is 2. The molecule has 4 amide bonds. The van der Waals surface area contributed by atoms with Crippen LogP contribution in [0.15, 0.2) is 36.4 Å². The average Bonchev–Trinajstić information content (AvgIpc) is 3.97. The van der Waals surface area contributed by atoms with Gasteiger partial charge in [-0.25, -0.2) is 13.2 Å². The number of halogens is 3. The Hall–Kier alpha value is -4.93. The van der Waals surface area contributed by atoms with E-state index in [0.717, 1.165) is 0 Å². The minimum absolute atomic E-state index is 0.0223. The van der Waals surface area contributed by atoms with Gasteiger partial charge in [-0.2, -0.15) is 0 Å². The van der Waals surface area contributed by atoms with E-state index in [1.54, 1.807) is 64.9 Å². The number of amides is 4. The van der Waals surface area contributed by atoms with Gasteiger partial charge in [-0.05, 0) is 95.4 Å². The summed E-state index contributed by atoms with van der Waals surface area (Å²) in [6, 6.07) is 4.99. The summed E-state index contributed by atoms with van der Waals surface area (Å²) in [6.45, 7) is 6.81. The zero-order valence-electron chi connectivity index (χ0n) is 33.8. The number of aliphatic hydroxyl groups is 1. The van der Waals surface area contributed by atoms with Gasteiger partial charge in [0.2, 0.25) is 23.6 Å². The van der Waals surface area contributed by atoms with E-state index < -0.39 is 66.1 Å². The predicted octanol–water partition coefficient (Wildman–Crippen LogP) is 3.59. The van der Waals surface area contributed by atoms with E-state index in [4.69, 9.17) is 0 Å². The number of carbonyl (C=O) groups is 4. The minimum Gasteiger partial charge on any atom is -0.391 e. The largest absolute Gasteiger partial charge is 0.391 e. The van der Waals surface area contributed by atoms with Gasteiger partial charge < -0.3 is 46.1 Å². The van der Waals surface area contributed by atoms with Crippen LogP contribution in [0.2, 0.25) is 0 Å². The fourth-order valence-corrected chi connectivity index (χ4v) is 8.40. The predicted molar refractivity (Wildman–Crippen MR) is 216 cm³/mol. The molecule has 4 aromatic rings. The van der Waals surface area contributed by atoms with Gasteiger partial charge in [-0.15, -0.1) is 0 Å². The Morgan fingerprint density at radius 1 is 0.793 bits per heavy atom. The molecular weight excluding hydrogens is 754 g/mol. The Morgan fingerprint density at radius 2 is 1.34 bits per heavy atom. The number of hydrogen-bond donors (Lipinski definition) is 7. The van der Waals surface area contributed by atoms with Gasteiger partial charge in [0, 0.05) is 41.3 Å². The molecule has 58 heavy (non-hydrogen) atoms. The third kappa shape index (κ3) is 8.59. The Morgan fingerprint density at radius 3 is 1.93 bits per heavy atom. The number of aliphatic hydroxyl groups excluding tert-OH is 1. The SMILES string of the molecule is CC[C@H](NC(=O)[C@H](C)NC)C(=O)N1C[C@@H](O)C[C@H]1Cc1c(-c2[nH]c3c(F)cccc3c2C[C@@H]2C[C@H](F)CN2C(=O)[C@H](CC)NC(=O)[C@H](C)NC)[nH]c2cc(F)ccc12. The molecule has 0 saturated carbocycles. The molecule has 2 aromatic carbocycles. The van der Waals surface area contributed by atoms with Crippen molar-refractivity contribution >= 4 is 45.4 Å². The van der Waals surface area contributed by atoms with Crippen molar-refractivity contribution in [2.24, 2.45) is 0 Å². The Balaban J connectivity index is 1.40. The number of carbonyl (C=O) groups excluding carboxylic acids is 4. The van der Waals surface area contributed by atoms with Crippen LogP contribution < -0.4 is 21.3 Å². The van der Waals surface area contributed by atoms with E-state index >= 15 is 8.78 Å². The van der Waals surface area contributed by atoms with Crippen molar-refractivity contribution in [2.75, 3.05) is 27.2 Å². The summed E-state index contributed by atoms with van der Waals surface area (Å²) >= 11 is 0. The molecule has 6 rings (SSSR count). The summed E-state index contributed by atoms with van der Waals surface area (Å²) < 4.78 is 45.8. The number of fused-ring (bicyclic) bond motifs is 2. The Labute approximate surface area is 335 Å². The summed E-state index contributed by atoms with van der Waals surface area (Å²) in [4.78, 5) is 63.3. The number of H-pyrrole nitrogens is 2. The molecule has 0 spiro atoms. The van der Waals surface area contributed by atoms with Crippen molar-refractivity contribution < 1.29 is 37.5 Å². The van der Waals surface area contributed by atoms with Crippen LogP contribution in [-0.4, -0.2) is 124 Å². The van der Waals surface area contributed by atoms with Gasteiger partial charge in [-0.1, -0.05) is 26.0 Å². The number of likely N-dealkylation sites (N-methyl/N-ethyl adjacent to an activating group) is 2. The lowest BCUT2D eigenvalue weighted by atomic mass is 9.94. The smallest absolute Gasteiger partial charge is 0.245 e. The van der Waals surface area contributed by atoms with Crippen LogP contribution in [0.4, 0.5) is 13.2 Å². The fourth-order valence-electron chi connectivity index (χ4n) is 8.40. The van der Waals surface area contributed by atoms with Crippen molar-refractivity contribution in [1.29, 1.82) is 0 Å². The molecule has 2 aromatic heterocycles. The second-order valence-electron chi connectivity index (χ2n) is 15.7. The first-order chi connectivity index (χ1) is 27.7. The first kappa shape index (κ1) is 42.7. The van der Waals surface area contributed by atoms with Crippen molar-refractivity contribution in [1.82, 2.24) is 41.0 Å². The van der Waals surface area contributed by atoms with E-state index in [1.807, 2.05) is 0 Å². The van der Waals surface area contributed by atoms with Crippen LogP contribution in [0.5, 0.6) is 0 Å². The maximum Gasteiger partial charge on any atom is 0.245 e. The number of para-hydroxylation sites is 1. The number of hydrogen-bond acceptors (Lipinski definition) is 7. The minimum atomic E-state index is -1.33. The number of aromatic amines is 2. The number of aromatic nitrogens is 2. The molecule has 314 valence electrons. The second kappa shape index (κ2) is 17.9. The molecule has 16 heteroatoms. The van der Waals surface area contributed by atoms with Gasteiger partial charge >= 0.3 is 0 Å². The first-order valence-corrected chi connectivity index (χ1v) is 20.2. The molecule has 13 nitrogen and oxygen atoms in total. The molecule has 2 aliphatic rings. The lowest BCUT2D eigenvalue weighted by molar-refractivity contribution is -0.138. The second-order valence-corrected chi connectivity index (χ2v) is 15.7. The number of alkyl halides is 1. The monoisotopic (exact) mass is 808 g/mol. The molecule has 2 aliphatic heterocycles. The third-order valence-electron chi connectivity index (χ3n) is 11.9. The highest BCUT2D eigenvalue weighted by Crippen LogP contribution is 2.40. The van der Waals surface area contributed by atoms with Crippen LogP contribution in [0.25, 0.3) is 33.2 Å². The Kier molecular flexibility index (Phi) is 13.2. The lowest BCUT2D eigenvalue weighted by Crippen LogP contribution is -2.53. The van der Waals surface area contributed by atoms with Gasteiger partial charge in [0.25, 0.3) is 0 Å². The molecule has 2 saturated heterocycles. The first-order valence-electron chi connectivity index (χ1n) is 20.2. The van der Waals surface area contributed by atoms with E-state index in [-0.39, 0.29) is 68.4 Å². The highest BCUT2D eigenvalue weighted by Gasteiger charge is 2.41. The van der Waals surface area contributed by atoms with Crippen LogP contribution in [0.1, 0.15) is 64.5 Å². The molecule has 8 atom stereocenters. The molecular formula is C42H55F3N8O5. The summed E-state index contributed by atoms with van der Waals surface area (Å²) in [7, 11) is 3.28. The van der Waals surface area contributed by atoms with Crippen LogP contribution >= 0.6 is 0 Å². The van der Waals surface area contributed by atoms with Crippen molar-refractivity contribution in [2.45, 2.75) is 115 Å². The molecule has 7 N–H and O–H groups in total. The molecule has 2 fully saturated rings. The normalized spacial score (nSPS) is 21.7. The molecule has 4 heterocycles. The summed E-state index contributed by atoms with van der Waals surface area (Å²) in [5, 5.41) is 23.4. The van der Waals surface area contributed by atoms with Gasteiger partial charge in [0.05, 0.1) is 41.6 Å². The summed E-state index contributed by atoms with van der Waals surface area (Å²) in [6.07, 6.45) is -0.953. The third-order valence-corrected chi connectivity index (χ3v) is 11.9. The number of benzene rings is 2. The molecule has 0 bridgehead atoms. The van der Waals surface area contributed by atoms with Gasteiger partial charge in [0.1, 0.15) is 29.9 Å². The maximum atomic E-state index is 15.6. The van der Waals surface area contributed by atoms with E-state index in [0.29, 0.717) is 45.2 Å². The Bertz CT molecular complexity index is 2160. The van der Waals surface area contributed by atoms with Crippen molar-refractivity contribution in [3.63, 3.8) is 0 Å². The highest BCUT2D eigenvalue weighted by molar-refractivity contribution is 5.97. The fraction of sp³-hybridized carbons (Fsp3) is 0.524. The quantitative estimate of drug-likeness (QED) is 0.0962. The molecule has 0 unspecified atom stereocenters.